The standard InChI is InChI=1S/C22H27N5O2S2/c1-17-8-9-20(14-19(17)3)31(28,29)25-12-10-24(11-13-25)16-27-22(30)26(15-23-27)21-7-5-4-6-18(21)2/h4-9,14-15H,10-13,16H2,1-3H3. The molecule has 0 radical (unpaired) electrons. The quantitative estimate of drug-likeness (QED) is 0.550. The summed E-state index contributed by atoms with van der Waals surface area (Å²) in [4.78, 5) is 2.54. The molecular formula is C22H27N5O2S2. The van der Waals surface area contributed by atoms with Crippen LogP contribution in [0.1, 0.15) is 16.7 Å². The summed E-state index contributed by atoms with van der Waals surface area (Å²) in [6, 6.07) is 13.4. The van der Waals surface area contributed by atoms with Crippen LogP contribution in [0.3, 0.4) is 0 Å². The molecule has 31 heavy (non-hydrogen) atoms. The van der Waals surface area contributed by atoms with E-state index < -0.39 is 10.0 Å². The lowest BCUT2D eigenvalue weighted by Crippen LogP contribution is -2.48. The van der Waals surface area contributed by atoms with Crippen LogP contribution in [-0.2, 0) is 16.7 Å². The third kappa shape index (κ3) is 4.36. The number of benzene rings is 2. The Bertz CT molecular complexity index is 1250. The molecule has 1 aliphatic heterocycles. The van der Waals surface area contributed by atoms with Gasteiger partial charge in [-0.3, -0.25) is 9.47 Å². The fraction of sp³-hybridized carbons (Fsp3) is 0.364. The summed E-state index contributed by atoms with van der Waals surface area (Å²) in [6.07, 6.45) is 1.74. The molecule has 4 rings (SSSR count). The highest BCUT2D eigenvalue weighted by molar-refractivity contribution is 7.89. The average molecular weight is 458 g/mol. The molecule has 9 heteroatoms. The number of rotatable bonds is 5. The van der Waals surface area contributed by atoms with Crippen LogP contribution in [0.5, 0.6) is 0 Å². The molecule has 0 atom stereocenters. The molecule has 2 heterocycles. The minimum absolute atomic E-state index is 0.364. The Morgan fingerprint density at radius 2 is 1.65 bits per heavy atom. The Labute approximate surface area is 188 Å². The highest BCUT2D eigenvalue weighted by Gasteiger charge is 2.29. The van der Waals surface area contributed by atoms with Crippen LogP contribution in [0.4, 0.5) is 0 Å². The maximum absolute atomic E-state index is 13.0. The summed E-state index contributed by atoms with van der Waals surface area (Å²) in [5.41, 5.74) is 4.22. The van der Waals surface area contributed by atoms with Crippen molar-refractivity contribution in [3.63, 3.8) is 0 Å². The molecule has 1 fully saturated rings. The number of sulfonamides is 1. The highest BCUT2D eigenvalue weighted by atomic mass is 32.2. The second-order valence-corrected chi connectivity index (χ2v) is 10.3. The molecule has 0 aliphatic carbocycles. The molecule has 1 saturated heterocycles. The topological polar surface area (TPSA) is 63.4 Å². The number of hydrogen-bond donors (Lipinski definition) is 0. The lowest BCUT2D eigenvalue weighted by atomic mass is 10.1. The highest BCUT2D eigenvalue weighted by Crippen LogP contribution is 2.21. The molecule has 3 aromatic rings. The van der Waals surface area contributed by atoms with Gasteiger partial charge in [0.1, 0.15) is 6.33 Å². The third-order valence-corrected chi connectivity index (χ3v) is 8.19. The van der Waals surface area contributed by atoms with Crippen molar-refractivity contribution in [2.45, 2.75) is 32.3 Å². The van der Waals surface area contributed by atoms with Crippen LogP contribution in [0.25, 0.3) is 5.69 Å². The minimum atomic E-state index is -3.48. The van der Waals surface area contributed by atoms with E-state index in [0.29, 0.717) is 42.5 Å². The second kappa shape index (κ2) is 8.66. The van der Waals surface area contributed by atoms with Crippen LogP contribution in [0.2, 0.25) is 0 Å². The number of aromatic nitrogens is 3. The van der Waals surface area contributed by atoms with Gasteiger partial charge in [0, 0.05) is 26.2 Å². The van der Waals surface area contributed by atoms with E-state index in [4.69, 9.17) is 12.2 Å². The number of para-hydroxylation sites is 1. The first-order valence-electron chi connectivity index (χ1n) is 10.3. The number of hydrogen-bond acceptors (Lipinski definition) is 5. The van der Waals surface area contributed by atoms with Crippen molar-refractivity contribution >= 4 is 22.2 Å². The molecule has 0 saturated carbocycles. The number of aryl methyl sites for hydroxylation is 3. The molecule has 0 amide bonds. The molecule has 0 bridgehead atoms. The Kier molecular flexibility index (Phi) is 6.11. The molecular weight excluding hydrogens is 430 g/mol. The first-order valence-corrected chi connectivity index (χ1v) is 12.1. The van der Waals surface area contributed by atoms with E-state index in [9.17, 15) is 8.42 Å². The van der Waals surface area contributed by atoms with E-state index in [0.717, 1.165) is 22.4 Å². The molecule has 1 aromatic heterocycles. The second-order valence-electron chi connectivity index (χ2n) is 7.98. The number of nitrogens with zero attached hydrogens (tertiary/aromatic N) is 5. The molecule has 7 nitrogen and oxygen atoms in total. The van der Waals surface area contributed by atoms with Gasteiger partial charge >= 0.3 is 0 Å². The van der Waals surface area contributed by atoms with Crippen molar-refractivity contribution in [1.29, 1.82) is 0 Å². The molecule has 1 aliphatic rings. The van der Waals surface area contributed by atoms with Crippen molar-refractivity contribution in [2.75, 3.05) is 26.2 Å². The SMILES string of the molecule is Cc1ccc(S(=O)(=O)N2CCN(Cn3ncn(-c4ccccc4C)c3=S)CC2)cc1C. The Hall–Kier alpha value is -2.33. The van der Waals surface area contributed by atoms with E-state index in [1.807, 2.05) is 55.7 Å². The molecule has 0 unspecified atom stereocenters. The van der Waals surface area contributed by atoms with Gasteiger partial charge in [0.2, 0.25) is 14.8 Å². The lowest BCUT2D eigenvalue weighted by Gasteiger charge is -2.33. The largest absolute Gasteiger partial charge is 0.282 e. The zero-order chi connectivity index (χ0) is 22.2. The van der Waals surface area contributed by atoms with Crippen molar-refractivity contribution in [2.24, 2.45) is 0 Å². The van der Waals surface area contributed by atoms with Crippen molar-refractivity contribution in [3.05, 3.63) is 70.3 Å². The molecule has 0 spiro atoms. The van der Waals surface area contributed by atoms with Crippen molar-refractivity contribution in [1.82, 2.24) is 23.6 Å². The van der Waals surface area contributed by atoms with Gasteiger partial charge < -0.3 is 0 Å². The van der Waals surface area contributed by atoms with Crippen molar-refractivity contribution in [3.8, 4) is 5.69 Å². The van der Waals surface area contributed by atoms with Crippen molar-refractivity contribution < 1.29 is 8.42 Å². The van der Waals surface area contributed by atoms with Gasteiger partial charge in [0.05, 0.1) is 17.3 Å². The number of piperazine rings is 1. The van der Waals surface area contributed by atoms with E-state index in [2.05, 4.69) is 10.00 Å². The summed E-state index contributed by atoms with van der Waals surface area (Å²) in [6.45, 7) is 8.65. The van der Waals surface area contributed by atoms with Gasteiger partial charge in [0.15, 0.2) is 0 Å². The van der Waals surface area contributed by atoms with E-state index >= 15 is 0 Å². The Morgan fingerprint density at radius 3 is 2.32 bits per heavy atom. The summed E-state index contributed by atoms with van der Waals surface area (Å²) < 4.78 is 32.0. The third-order valence-electron chi connectivity index (χ3n) is 5.89. The fourth-order valence-electron chi connectivity index (χ4n) is 3.76. The fourth-order valence-corrected chi connectivity index (χ4v) is 5.52. The summed E-state index contributed by atoms with van der Waals surface area (Å²) in [5.74, 6) is 0. The smallest absolute Gasteiger partial charge is 0.243 e. The molecule has 2 aromatic carbocycles. The van der Waals surface area contributed by atoms with Crippen LogP contribution in [0, 0.1) is 25.5 Å². The first kappa shape index (κ1) is 21.9. The van der Waals surface area contributed by atoms with Gasteiger partial charge in [-0.1, -0.05) is 24.3 Å². The van der Waals surface area contributed by atoms with Crippen LogP contribution < -0.4 is 0 Å². The van der Waals surface area contributed by atoms with Crippen LogP contribution >= 0.6 is 12.2 Å². The first-order chi connectivity index (χ1) is 14.8. The average Bonchev–Trinajstić information content (AvgIpc) is 3.11. The minimum Gasteiger partial charge on any atom is -0.282 e. The summed E-state index contributed by atoms with van der Waals surface area (Å²) >= 11 is 5.63. The van der Waals surface area contributed by atoms with Gasteiger partial charge in [-0.15, -0.1) is 0 Å². The zero-order valence-electron chi connectivity index (χ0n) is 18.0. The van der Waals surface area contributed by atoms with E-state index in [-0.39, 0.29) is 0 Å². The molecule has 164 valence electrons. The Morgan fingerprint density at radius 1 is 0.935 bits per heavy atom. The van der Waals surface area contributed by atoms with Gasteiger partial charge in [-0.05, 0) is 67.9 Å². The summed E-state index contributed by atoms with van der Waals surface area (Å²) in [5, 5.41) is 4.46. The lowest BCUT2D eigenvalue weighted by molar-refractivity contribution is 0.144. The van der Waals surface area contributed by atoms with Gasteiger partial charge in [-0.2, -0.15) is 9.40 Å². The predicted octanol–water partition coefficient (Wildman–Crippen LogP) is 3.29. The van der Waals surface area contributed by atoms with Gasteiger partial charge in [-0.25, -0.2) is 13.1 Å². The maximum Gasteiger partial charge on any atom is 0.243 e. The van der Waals surface area contributed by atoms with Crippen LogP contribution in [-0.4, -0.2) is 58.1 Å². The van der Waals surface area contributed by atoms with E-state index in [1.165, 1.54) is 0 Å². The van der Waals surface area contributed by atoms with Gasteiger partial charge in [0.25, 0.3) is 0 Å². The maximum atomic E-state index is 13.0. The monoisotopic (exact) mass is 457 g/mol. The molecule has 0 N–H and O–H groups in total. The summed E-state index contributed by atoms with van der Waals surface area (Å²) in [7, 11) is -3.48. The zero-order valence-corrected chi connectivity index (χ0v) is 19.7. The normalized spacial score (nSPS) is 16.0. The Balaban J connectivity index is 1.44. The van der Waals surface area contributed by atoms with Crippen LogP contribution in [0.15, 0.2) is 53.7 Å². The van der Waals surface area contributed by atoms with E-state index in [1.54, 1.807) is 27.4 Å². The predicted molar refractivity (Wildman–Crippen MR) is 123 cm³/mol.